The minimum Gasteiger partial charge on any atom is -0.466 e. The lowest BCUT2D eigenvalue weighted by atomic mass is 10.0. The predicted octanol–water partition coefficient (Wildman–Crippen LogP) is 3.47. The van der Waals surface area contributed by atoms with Crippen LogP contribution in [0.1, 0.15) is 33.6 Å². The third-order valence-electron chi connectivity index (χ3n) is 2.62. The Balaban J connectivity index is 2.58. The van der Waals surface area contributed by atoms with E-state index >= 15 is 0 Å². The smallest absolute Gasteiger partial charge is 0.307 e. The molecule has 0 aliphatic carbocycles. The van der Waals surface area contributed by atoms with E-state index in [9.17, 15) is 4.79 Å². The average Bonchev–Trinajstić information content (AvgIpc) is 2.29. The van der Waals surface area contributed by atoms with Crippen LogP contribution in [0.25, 0.3) is 0 Å². The molecule has 3 nitrogen and oxygen atoms in total. The van der Waals surface area contributed by atoms with Crippen molar-refractivity contribution in [3.8, 4) is 0 Å². The fourth-order valence-corrected chi connectivity index (χ4v) is 1.95. The molecule has 3 heteroatoms. The molecule has 1 rings (SSSR count). The summed E-state index contributed by atoms with van der Waals surface area (Å²) in [6.07, 6.45) is 1.37. The Morgan fingerprint density at radius 1 is 1.28 bits per heavy atom. The van der Waals surface area contributed by atoms with Crippen molar-refractivity contribution < 1.29 is 9.53 Å². The first-order valence-electron chi connectivity index (χ1n) is 6.59. The number of nitrogens with one attached hydrogen (secondary N) is 1. The van der Waals surface area contributed by atoms with Gasteiger partial charge < -0.3 is 10.1 Å². The molecule has 100 valence electrons. The van der Waals surface area contributed by atoms with Crippen molar-refractivity contribution in [3.63, 3.8) is 0 Å². The molecule has 1 aromatic carbocycles. The summed E-state index contributed by atoms with van der Waals surface area (Å²) >= 11 is 0. The summed E-state index contributed by atoms with van der Waals surface area (Å²) in [7, 11) is 0. The maximum absolute atomic E-state index is 11.6. The molecule has 0 radical (unpaired) electrons. The van der Waals surface area contributed by atoms with Crippen LogP contribution in [0, 0.1) is 5.92 Å². The monoisotopic (exact) mass is 249 g/mol. The molecule has 0 aliphatic rings. The number of rotatable bonds is 7. The highest BCUT2D eigenvalue weighted by Gasteiger charge is 2.16. The number of ether oxygens (including phenoxy) is 1. The Morgan fingerprint density at radius 2 is 1.94 bits per heavy atom. The van der Waals surface area contributed by atoms with Crippen molar-refractivity contribution in [1.29, 1.82) is 0 Å². The van der Waals surface area contributed by atoms with E-state index in [0.717, 1.165) is 12.1 Å². The number of para-hydroxylation sites is 1. The molecule has 0 aliphatic heterocycles. The largest absolute Gasteiger partial charge is 0.466 e. The van der Waals surface area contributed by atoms with Gasteiger partial charge in [-0.1, -0.05) is 32.0 Å². The van der Waals surface area contributed by atoms with Gasteiger partial charge in [0.15, 0.2) is 0 Å². The summed E-state index contributed by atoms with van der Waals surface area (Å²) in [4.78, 5) is 11.6. The zero-order chi connectivity index (χ0) is 13.4. The lowest BCUT2D eigenvalue weighted by molar-refractivity contribution is -0.143. The van der Waals surface area contributed by atoms with E-state index in [1.54, 1.807) is 0 Å². The first-order valence-corrected chi connectivity index (χ1v) is 6.59. The molecule has 1 atom stereocenters. The third kappa shape index (κ3) is 5.71. The quantitative estimate of drug-likeness (QED) is 0.752. The Hall–Kier alpha value is -1.51. The van der Waals surface area contributed by atoms with E-state index in [2.05, 4.69) is 19.2 Å². The van der Waals surface area contributed by atoms with Gasteiger partial charge in [0.2, 0.25) is 0 Å². The van der Waals surface area contributed by atoms with Gasteiger partial charge in [0, 0.05) is 11.7 Å². The zero-order valence-electron chi connectivity index (χ0n) is 11.5. The highest BCUT2D eigenvalue weighted by atomic mass is 16.5. The van der Waals surface area contributed by atoms with Crippen LogP contribution in [-0.4, -0.2) is 18.6 Å². The Labute approximate surface area is 110 Å². The Kier molecular flexibility index (Phi) is 6.26. The minimum absolute atomic E-state index is 0.131. The number of hydrogen-bond donors (Lipinski definition) is 1. The summed E-state index contributed by atoms with van der Waals surface area (Å²) < 4.78 is 5.01. The molecule has 0 saturated carbocycles. The molecule has 18 heavy (non-hydrogen) atoms. The van der Waals surface area contributed by atoms with Crippen LogP contribution >= 0.6 is 0 Å². The van der Waals surface area contributed by atoms with Gasteiger partial charge in [-0.05, 0) is 31.4 Å². The van der Waals surface area contributed by atoms with Gasteiger partial charge in [0.1, 0.15) is 0 Å². The average molecular weight is 249 g/mol. The molecule has 0 heterocycles. The summed E-state index contributed by atoms with van der Waals surface area (Å²) in [6, 6.07) is 10.1. The van der Waals surface area contributed by atoms with Gasteiger partial charge in [-0.25, -0.2) is 0 Å². The summed E-state index contributed by atoms with van der Waals surface area (Å²) in [5.74, 6) is 0.409. The SMILES string of the molecule is CCOC(=O)C[C@H](CC(C)C)Nc1ccccc1. The molecule has 1 N–H and O–H groups in total. The van der Waals surface area contributed by atoms with Crippen molar-refractivity contribution in [2.24, 2.45) is 5.92 Å². The Morgan fingerprint density at radius 3 is 2.50 bits per heavy atom. The predicted molar refractivity (Wildman–Crippen MR) is 74.6 cm³/mol. The lowest BCUT2D eigenvalue weighted by Crippen LogP contribution is -2.26. The van der Waals surface area contributed by atoms with Crippen LogP contribution in [0.4, 0.5) is 5.69 Å². The first kappa shape index (κ1) is 14.6. The summed E-state index contributed by atoms with van der Waals surface area (Å²) in [6.45, 7) is 6.59. The van der Waals surface area contributed by atoms with Crippen LogP contribution in [0.15, 0.2) is 30.3 Å². The van der Waals surface area contributed by atoms with E-state index in [1.165, 1.54) is 0 Å². The number of esters is 1. The van der Waals surface area contributed by atoms with E-state index in [1.807, 2.05) is 37.3 Å². The van der Waals surface area contributed by atoms with E-state index in [4.69, 9.17) is 4.74 Å². The van der Waals surface area contributed by atoms with Gasteiger partial charge in [0.25, 0.3) is 0 Å². The second-order valence-electron chi connectivity index (χ2n) is 4.85. The van der Waals surface area contributed by atoms with Crippen LogP contribution in [0.3, 0.4) is 0 Å². The molecule has 0 aromatic heterocycles. The molecule has 0 fully saturated rings. The van der Waals surface area contributed by atoms with Crippen LogP contribution in [-0.2, 0) is 9.53 Å². The number of carbonyl (C=O) groups excluding carboxylic acids is 1. The summed E-state index contributed by atoms with van der Waals surface area (Å²) in [5.41, 5.74) is 1.05. The van der Waals surface area contributed by atoms with Crippen molar-refractivity contribution >= 4 is 11.7 Å². The number of carbonyl (C=O) groups is 1. The van der Waals surface area contributed by atoms with E-state index in [0.29, 0.717) is 18.9 Å². The van der Waals surface area contributed by atoms with Crippen molar-refractivity contribution in [2.45, 2.75) is 39.7 Å². The fraction of sp³-hybridized carbons (Fsp3) is 0.533. The first-order chi connectivity index (χ1) is 8.61. The number of anilines is 1. The molecule has 0 bridgehead atoms. The zero-order valence-corrected chi connectivity index (χ0v) is 11.5. The number of benzene rings is 1. The van der Waals surface area contributed by atoms with Crippen molar-refractivity contribution in [2.75, 3.05) is 11.9 Å². The molecular weight excluding hydrogens is 226 g/mol. The lowest BCUT2D eigenvalue weighted by Gasteiger charge is -2.21. The molecular formula is C15H23NO2. The molecule has 0 amide bonds. The second-order valence-corrected chi connectivity index (χ2v) is 4.85. The highest BCUT2D eigenvalue weighted by molar-refractivity contribution is 5.70. The second kappa shape index (κ2) is 7.75. The topological polar surface area (TPSA) is 38.3 Å². The maximum atomic E-state index is 11.6. The van der Waals surface area contributed by atoms with Crippen LogP contribution in [0.2, 0.25) is 0 Å². The fourth-order valence-electron chi connectivity index (χ4n) is 1.95. The van der Waals surface area contributed by atoms with E-state index in [-0.39, 0.29) is 12.0 Å². The van der Waals surface area contributed by atoms with Gasteiger partial charge in [-0.15, -0.1) is 0 Å². The van der Waals surface area contributed by atoms with Crippen LogP contribution < -0.4 is 5.32 Å². The Bertz CT molecular complexity index is 349. The molecule has 1 aromatic rings. The highest BCUT2D eigenvalue weighted by Crippen LogP contribution is 2.15. The maximum Gasteiger partial charge on any atom is 0.307 e. The van der Waals surface area contributed by atoms with Gasteiger partial charge in [0.05, 0.1) is 13.0 Å². The van der Waals surface area contributed by atoms with Gasteiger partial charge in [-0.2, -0.15) is 0 Å². The molecule has 0 saturated heterocycles. The minimum atomic E-state index is -0.133. The molecule has 0 unspecified atom stereocenters. The summed E-state index contributed by atoms with van der Waals surface area (Å²) in [5, 5.41) is 3.40. The van der Waals surface area contributed by atoms with Gasteiger partial charge in [-0.3, -0.25) is 4.79 Å². The van der Waals surface area contributed by atoms with Crippen molar-refractivity contribution in [1.82, 2.24) is 0 Å². The molecule has 0 spiro atoms. The normalized spacial score (nSPS) is 12.2. The van der Waals surface area contributed by atoms with Crippen LogP contribution in [0.5, 0.6) is 0 Å². The van der Waals surface area contributed by atoms with E-state index < -0.39 is 0 Å². The standard InChI is InChI=1S/C15H23NO2/c1-4-18-15(17)11-14(10-12(2)3)16-13-8-6-5-7-9-13/h5-9,12,14,16H,4,10-11H2,1-3H3/t14-/m0/s1. The third-order valence-corrected chi connectivity index (χ3v) is 2.62. The van der Waals surface area contributed by atoms with Crippen molar-refractivity contribution in [3.05, 3.63) is 30.3 Å². The number of hydrogen-bond acceptors (Lipinski definition) is 3. The van der Waals surface area contributed by atoms with Gasteiger partial charge >= 0.3 is 5.97 Å².